The molecule has 0 aliphatic heterocycles. The quantitative estimate of drug-likeness (QED) is 0.660. The molecule has 0 radical (unpaired) electrons. The second-order valence-corrected chi connectivity index (χ2v) is 8.00. The Morgan fingerprint density at radius 3 is 2.45 bits per heavy atom. The summed E-state index contributed by atoms with van der Waals surface area (Å²) in [6.07, 6.45) is 4.60. The Kier molecular flexibility index (Phi) is 5.97. The summed E-state index contributed by atoms with van der Waals surface area (Å²) in [5.74, 6) is -0.129. The molecule has 0 unspecified atom stereocenters. The van der Waals surface area contributed by atoms with Gasteiger partial charge in [-0.15, -0.1) is 0 Å². The van der Waals surface area contributed by atoms with Crippen LogP contribution in [0.2, 0.25) is 5.02 Å². The number of hydrogen-bond donors (Lipinski definition) is 2. The maximum atomic E-state index is 13.1. The van der Waals surface area contributed by atoms with Gasteiger partial charge in [-0.05, 0) is 43.4 Å². The van der Waals surface area contributed by atoms with Crippen molar-refractivity contribution >= 4 is 17.5 Å². The predicted octanol–water partition coefficient (Wildman–Crippen LogP) is 4.29. The standard InChI is InChI=1S/C23H24ClN3O2/c24-18-8-6-17(7-9-18)22-21(23(29)25-19-10-12-20(28)13-11-19)15-27(26-22)14-16-4-2-1-3-5-16/h1-9,15,19-20,28H,10-14H2,(H,25,29). The minimum absolute atomic E-state index is 0.0847. The number of hydrogen-bond acceptors (Lipinski definition) is 3. The van der Waals surface area contributed by atoms with Gasteiger partial charge in [0, 0.05) is 22.8 Å². The van der Waals surface area contributed by atoms with Gasteiger partial charge in [0.1, 0.15) is 5.69 Å². The third-order valence-electron chi connectivity index (χ3n) is 5.34. The second-order valence-electron chi connectivity index (χ2n) is 7.56. The summed E-state index contributed by atoms with van der Waals surface area (Å²) in [5.41, 5.74) is 3.16. The molecule has 1 aliphatic carbocycles. The van der Waals surface area contributed by atoms with Crippen molar-refractivity contribution in [2.45, 2.75) is 44.4 Å². The van der Waals surface area contributed by atoms with E-state index in [-0.39, 0.29) is 18.1 Å². The molecule has 2 N–H and O–H groups in total. The number of aliphatic hydroxyl groups is 1. The number of carbonyl (C=O) groups excluding carboxylic acids is 1. The summed E-state index contributed by atoms with van der Waals surface area (Å²) in [5, 5.41) is 18.2. The van der Waals surface area contributed by atoms with E-state index < -0.39 is 0 Å². The number of nitrogens with one attached hydrogen (secondary N) is 1. The van der Waals surface area contributed by atoms with E-state index in [0.717, 1.165) is 36.8 Å². The second kappa shape index (κ2) is 8.80. The van der Waals surface area contributed by atoms with Crippen LogP contribution in [0.4, 0.5) is 0 Å². The zero-order valence-corrected chi connectivity index (χ0v) is 16.8. The highest BCUT2D eigenvalue weighted by molar-refractivity contribution is 6.30. The van der Waals surface area contributed by atoms with Crippen molar-refractivity contribution in [2.24, 2.45) is 0 Å². The first-order valence-electron chi connectivity index (χ1n) is 9.95. The molecular weight excluding hydrogens is 386 g/mol. The molecule has 5 nitrogen and oxygen atoms in total. The molecule has 6 heteroatoms. The molecule has 150 valence electrons. The zero-order valence-electron chi connectivity index (χ0n) is 16.1. The first-order valence-corrected chi connectivity index (χ1v) is 10.3. The van der Waals surface area contributed by atoms with Gasteiger partial charge in [0.05, 0.1) is 18.2 Å². The van der Waals surface area contributed by atoms with Crippen LogP contribution < -0.4 is 5.32 Å². The highest BCUT2D eigenvalue weighted by atomic mass is 35.5. The molecule has 1 aromatic heterocycles. The van der Waals surface area contributed by atoms with E-state index >= 15 is 0 Å². The number of rotatable bonds is 5. The van der Waals surface area contributed by atoms with Crippen LogP contribution >= 0.6 is 11.6 Å². The van der Waals surface area contributed by atoms with Gasteiger partial charge in [-0.3, -0.25) is 9.48 Å². The van der Waals surface area contributed by atoms with Crippen LogP contribution in [0.3, 0.4) is 0 Å². The van der Waals surface area contributed by atoms with Crippen LogP contribution in [0.5, 0.6) is 0 Å². The fourth-order valence-electron chi connectivity index (χ4n) is 3.74. The van der Waals surface area contributed by atoms with Crippen molar-refractivity contribution in [3.63, 3.8) is 0 Å². The summed E-state index contributed by atoms with van der Waals surface area (Å²) in [4.78, 5) is 13.1. The first-order chi connectivity index (χ1) is 14.1. The van der Waals surface area contributed by atoms with E-state index in [9.17, 15) is 9.90 Å². The van der Waals surface area contributed by atoms with E-state index in [1.54, 1.807) is 16.8 Å². The Bertz CT molecular complexity index is 962. The Morgan fingerprint density at radius 2 is 1.76 bits per heavy atom. The summed E-state index contributed by atoms with van der Waals surface area (Å²) in [6, 6.07) is 17.5. The summed E-state index contributed by atoms with van der Waals surface area (Å²) < 4.78 is 1.80. The van der Waals surface area contributed by atoms with Crippen molar-refractivity contribution in [2.75, 3.05) is 0 Å². The van der Waals surface area contributed by atoms with E-state index in [4.69, 9.17) is 16.7 Å². The first kappa shape index (κ1) is 19.7. The lowest BCUT2D eigenvalue weighted by atomic mass is 9.93. The molecule has 0 bridgehead atoms. The van der Waals surface area contributed by atoms with Gasteiger partial charge in [-0.2, -0.15) is 5.10 Å². The Morgan fingerprint density at radius 1 is 1.07 bits per heavy atom. The number of amides is 1. The van der Waals surface area contributed by atoms with Crippen molar-refractivity contribution in [1.82, 2.24) is 15.1 Å². The van der Waals surface area contributed by atoms with E-state index in [0.29, 0.717) is 22.8 Å². The van der Waals surface area contributed by atoms with Gasteiger partial charge >= 0.3 is 0 Å². The smallest absolute Gasteiger partial charge is 0.255 e. The monoisotopic (exact) mass is 409 g/mol. The van der Waals surface area contributed by atoms with Crippen LogP contribution in [-0.4, -0.2) is 32.9 Å². The normalized spacial score (nSPS) is 19.1. The molecule has 0 atom stereocenters. The van der Waals surface area contributed by atoms with Crippen LogP contribution in [0.15, 0.2) is 60.8 Å². The minimum atomic E-state index is -0.249. The molecule has 1 aliphatic rings. The van der Waals surface area contributed by atoms with Gasteiger partial charge in [0.15, 0.2) is 0 Å². The van der Waals surface area contributed by atoms with Gasteiger partial charge < -0.3 is 10.4 Å². The lowest BCUT2D eigenvalue weighted by molar-refractivity contribution is 0.0868. The lowest BCUT2D eigenvalue weighted by Gasteiger charge is -2.26. The minimum Gasteiger partial charge on any atom is -0.393 e. The average Bonchev–Trinajstić information content (AvgIpc) is 3.15. The predicted molar refractivity (Wildman–Crippen MR) is 114 cm³/mol. The maximum Gasteiger partial charge on any atom is 0.255 e. The molecule has 0 saturated heterocycles. The number of halogens is 1. The molecule has 4 rings (SSSR count). The maximum absolute atomic E-state index is 13.1. The van der Waals surface area contributed by atoms with E-state index in [1.165, 1.54) is 0 Å². The Labute approximate surface area is 175 Å². The average molecular weight is 410 g/mol. The van der Waals surface area contributed by atoms with Crippen molar-refractivity contribution in [3.05, 3.63) is 76.9 Å². The number of aromatic nitrogens is 2. The number of carbonyl (C=O) groups is 1. The van der Waals surface area contributed by atoms with Gasteiger partial charge in [-0.25, -0.2) is 0 Å². The molecular formula is C23H24ClN3O2. The van der Waals surface area contributed by atoms with Crippen LogP contribution in [0.25, 0.3) is 11.3 Å². The largest absolute Gasteiger partial charge is 0.393 e. The fourth-order valence-corrected chi connectivity index (χ4v) is 3.87. The van der Waals surface area contributed by atoms with Gasteiger partial charge in [0.25, 0.3) is 5.91 Å². The molecule has 1 fully saturated rings. The Hall–Kier alpha value is -2.63. The third kappa shape index (κ3) is 4.86. The fraction of sp³-hybridized carbons (Fsp3) is 0.304. The van der Waals surface area contributed by atoms with Crippen LogP contribution in [-0.2, 0) is 6.54 Å². The highest BCUT2D eigenvalue weighted by Gasteiger charge is 2.24. The summed E-state index contributed by atoms with van der Waals surface area (Å²) >= 11 is 6.03. The lowest BCUT2D eigenvalue weighted by Crippen LogP contribution is -2.38. The van der Waals surface area contributed by atoms with Gasteiger partial charge in [0.2, 0.25) is 0 Å². The SMILES string of the molecule is O=C(NC1CCC(O)CC1)c1cn(Cc2ccccc2)nc1-c1ccc(Cl)cc1. The molecule has 2 aromatic carbocycles. The van der Waals surface area contributed by atoms with E-state index in [2.05, 4.69) is 5.32 Å². The van der Waals surface area contributed by atoms with E-state index in [1.807, 2.05) is 48.7 Å². The topological polar surface area (TPSA) is 67.2 Å². The Balaban J connectivity index is 1.61. The molecule has 1 amide bonds. The van der Waals surface area contributed by atoms with Gasteiger partial charge in [-0.1, -0.05) is 54.1 Å². The zero-order chi connectivity index (χ0) is 20.2. The van der Waals surface area contributed by atoms with Crippen molar-refractivity contribution in [3.8, 4) is 11.3 Å². The van der Waals surface area contributed by atoms with Crippen molar-refractivity contribution in [1.29, 1.82) is 0 Å². The van der Waals surface area contributed by atoms with Crippen LogP contribution in [0, 0.1) is 0 Å². The highest BCUT2D eigenvalue weighted by Crippen LogP contribution is 2.25. The van der Waals surface area contributed by atoms with Crippen molar-refractivity contribution < 1.29 is 9.90 Å². The molecule has 1 saturated carbocycles. The molecule has 3 aromatic rings. The number of aliphatic hydroxyl groups excluding tert-OH is 1. The number of benzene rings is 2. The third-order valence-corrected chi connectivity index (χ3v) is 5.60. The summed E-state index contributed by atoms with van der Waals surface area (Å²) in [6.45, 7) is 0.588. The number of nitrogens with zero attached hydrogens (tertiary/aromatic N) is 2. The summed E-state index contributed by atoms with van der Waals surface area (Å²) in [7, 11) is 0. The molecule has 29 heavy (non-hydrogen) atoms. The van der Waals surface area contributed by atoms with Crippen LogP contribution in [0.1, 0.15) is 41.6 Å². The molecule has 0 spiro atoms. The molecule has 1 heterocycles.